The Morgan fingerprint density at radius 2 is 0.875 bits per heavy atom. The van der Waals surface area contributed by atoms with Crippen LogP contribution in [0.4, 0.5) is 0 Å². The van der Waals surface area contributed by atoms with E-state index in [0.717, 1.165) is 57.0 Å². The summed E-state index contributed by atoms with van der Waals surface area (Å²) in [6, 6.07) is 26.7. The first kappa shape index (κ1) is 41.6. The molecule has 4 N–H and O–H groups in total. The third kappa shape index (κ3) is 11.7. The van der Waals surface area contributed by atoms with Gasteiger partial charge in [-0.25, -0.2) is 0 Å². The van der Waals surface area contributed by atoms with Crippen molar-refractivity contribution in [3.8, 4) is 0 Å². The van der Waals surface area contributed by atoms with Crippen LogP contribution in [-0.2, 0) is 17.3 Å². The molecule has 12 nitrogen and oxygen atoms in total. The Labute approximate surface area is 330 Å². The lowest BCUT2D eigenvalue weighted by Gasteiger charge is -2.27. The molecule has 0 unspecified atom stereocenters. The number of aryl methyl sites for hydroxylation is 1. The Bertz CT molecular complexity index is 2310. The van der Waals surface area contributed by atoms with E-state index in [4.69, 9.17) is 0 Å². The second-order valence-electron chi connectivity index (χ2n) is 16.3. The van der Waals surface area contributed by atoms with Crippen LogP contribution in [0.2, 0.25) is 0 Å². The van der Waals surface area contributed by atoms with Crippen LogP contribution in [0.15, 0.2) is 78.9 Å². The third-order valence-electron chi connectivity index (χ3n) is 10.4. The molecule has 0 spiro atoms. The molecule has 0 bridgehead atoms. The van der Waals surface area contributed by atoms with Crippen LogP contribution in [0.3, 0.4) is 0 Å². The van der Waals surface area contributed by atoms with Crippen LogP contribution in [0, 0.1) is 5.92 Å². The molecule has 0 fully saturated rings. The number of H-pyrrole nitrogens is 4. The van der Waals surface area contributed by atoms with Crippen LogP contribution in [0.1, 0.15) is 123 Å². The lowest BCUT2D eigenvalue weighted by atomic mass is 9.78. The van der Waals surface area contributed by atoms with Gasteiger partial charge in [-0.3, -0.25) is 0 Å². The van der Waals surface area contributed by atoms with Crippen molar-refractivity contribution in [2.75, 3.05) is 0 Å². The highest BCUT2D eigenvalue weighted by Crippen LogP contribution is 2.32. The number of nitrogens with zero attached hydrogens (tertiary/aromatic N) is 8. The van der Waals surface area contributed by atoms with E-state index in [2.05, 4.69) is 153 Å². The largest absolute Gasteiger partial charge is 0.197 e. The first-order valence-corrected chi connectivity index (χ1v) is 20.2. The van der Waals surface area contributed by atoms with Crippen molar-refractivity contribution in [1.29, 1.82) is 0 Å². The molecular formula is C44H60N12. The summed E-state index contributed by atoms with van der Waals surface area (Å²) in [6.45, 7) is 18.0. The lowest BCUT2D eigenvalue weighted by molar-refractivity contribution is 0.400. The van der Waals surface area contributed by atoms with Gasteiger partial charge >= 0.3 is 0 Å². The van der Waals surface area contributed by atoms with E-state index in [-0.39, 0.29) is 10.8 Å². The average molecular weight is 757 g/mol. The van der Waals surface area contributed by atoms with Crippen LogP contribution < -0.4 is 0 Å². The molecule has 4 heterocycles. The Hall–Kier alpha value is -5.52. The molecule has 0 aliphatic carbocycles. The Morgan fingerprint density at radius 1 is 0.464 bits per heavy atom. The minimum atomic E-state index is 0.196. The second-order valence-corrected chi connectivity index (χ2v) is 16.3. The van der Waals surface area contributed by atoms with E-state index >= 15 is 0 Å². The molecule has 296 valence electrons. The molecule has 8 rings (SSSR count). The van der Waals surface area contributed by atoms with E-state index < -0.39 is 0 Å². The van der Waals surface area contributed by atoms with Crippen LogP contribution >= 0.6 is 0 Å². The highest BCUT2D eigenvalue weighted by molar-refractivity contribution is 5.76. The molecule has 12 heteroatoms. The van der Waals surface area contributed by atoms with Gasteiger partial charge in [0.15, 0.2) is 0 Å². The number of hydrogen-bond donors (Lipinski definition) is 4. The number of benzene rings is 4. The average Bonchev–Trinajstić information content (AvgIpc) is 4.03. The summed E-state index contributed by atoms with van der Waals surface area (Å²) in [6.07, 6.45) is 11.6. The fourth-order valence-electron chi connectivity index (χ4n) is 6.80. The SMILES string of the molecule is CC(C)CC(C)(C)c1ccc2n[nH]nc2c1.CCC(C)(C)c1ccc2n[nH]nc2c1.CCCCCCCCc1ccc2n[nH]nc2c1.c1ccc2n[nH]nc2c1. The van der Waals surface area contributed by atoms with Gasteiger partial charge in [0.2, 0.25) is 0 Å². The van der Waals surface area contributed by atoms with Gasteiger partial charge in [0.1, 0.15) is 44.1 Å². The normalized spacial score (nSPS) is 11.7. The highest BCUT2D eigenvalue weighted by atomic mass is 15.3. The van der Waals surface area contributed by atoms with Crippen LogP contribution in [-0.4, -0.2) is 61.6 Å². The van der Waals surface area contributed by atoms with E-state index in [1.807, 2.05) is 42.5 Å². The van der Waals surface area contributed by atoms with Gasteiger partial charge in [0, 0.05) is 0 Å². The number of unbranched alkanes of at least 4 members (excludes halogenated alkanes) is 5. The minimum Gasteiger partial charge on any atom is -0.197 e. The minimum absolute atomic E-state index is 0.196. The molecule has 56 heavy (non-hydrogen) atoms. The Kier molecular flexibility index (Phi) is 14.8. The van der Waals surface area contributed by atoms with Crippen LogP contribution in [0.25, 0.3) is 44.1 Å². The fourth-order valence-corrected chi connectivity index (χ4v) is 6.80. The zero-order valence-electron chi connectivity index (χ0n) is 34.5. The molecule has 4 aromatic heterocycles. The molecule has 0 aliphatic heterocycles. The molecule has 0 atom stereocenters. The number of para-hydroxylation sites is 2. The van der Waals surface area contributed by atoms with Crippen molar-refractivity contribution in [2.24, 2.45) is 5.92 Å². The van der Waals surface area contributed by atoms with Gasteiger partial charge in [0.25, 0.3) is 0 Å². The van der Waals surface area contributed by atoms with Gasteiger partial charge in [-0.1, -0.05) is 118 Å². The van der Waals surface area contributed by atoms with Gasteiger partial charge in [-0.15, -0.1) is 0 Å². The standard InChI is InChI=1S/C14H21N3.C13H19N3.C11H15N3.C6H5N3/c1-2-3-4-5-6-7-8-12-9-10-13-14(11-12)16-17-15-13;1-9(2)8-13(3,4)10-5-6-11-12(7-10)15-16-14-11;1-4-11(2,3)8-5-6-9-10(7-8)13-14-12-9;1-2-4-6-5(3-1)7-9-8-6/h9-11H,2-8H2,1H3,(H,15,16,17);5-7,9H,8H2,1-4H3,(H,14,15,16);5-7H,4H2,1-3H3,(H,12,13,14);1-4H,(H,7,8,9). The molecule has 0 amide bonds. The van der Waals surface area contributed by atoms with E-state index in [9.17, 15) is 0 Å². The zero-order valence-corrected chi connectivity index (χ0v) is 34.5. The smallest absolute Gasteiger partial charge is 0.113 e. The summed E-state index contributed by atoms with van der Waals surface area (Å²) in [5.74, 6) is 0.697. The van der Waals surface area contributed by atoms with Crippen molar-refractivity contribution in [3.63, 3.8) is 0 Å². The number of rotatable bonds is 12. The maximum Gasteiger partial charge on any atom is 0.113 e. The van der Waals surface area contributed by atoms with Crippen molar-refractivity contribution >= 4 is 44.1 Å². The molecule has 0 saturated heterocycles. The Balaban J connectivity index is 0.000000146. The summed E-state index contributed by atoms with van der Waals surface area (Å²) in [4.78, 5) is 0. The van der Waals surface area contributed by atoms with E-state index in [1.165, 1.54) is 61.6 Å². The highest BCUT2D eigenvalue weighted by Gasteiger charge is 2.22. The van der Waals surface area contributed by atoms with Crippen LogP contribution in [0.5, 0.6) is 0 Å². The maximum absolute atomic E-state index is 4.14. The predicted octanol–water partition coefficient (Wildman–Crippen LogP) is 10.7. The third-order valence-corrected chi connectivity index (χ3v) is 10.4. The molecular weight excluding hydrogens is 697 g/mol. The number of aromatic nitrogens is 12. The van der Waals surface area contributed by atoms with E-state index in [0.29, 0.717) is 5.92 Å². The maximum atomic E-state index is 4.14. The molecule has 0 saturated carbocycles. The van der Waals surface area contributed by atoms with E-state index in [1.54, 1.807) is 0 Å². The summed E-state index contributed by atoms with van der Waals surface area (Å²) < 4.78 is 0. The fraction of sp³-hybridized carbons (Fsp3) is 0.455. The number of nitrogens with one attached hydrogen (secondary N) is 4. The quantitative estimate of drug-likeness (QED) is 0.0894. The lowest BCUT2D eigenvalue weighted by Crippen LogP contribution is -2.19. The number of fused-ring (bicyclic) bond motifs is 4. The zero-order chi connectivity index (χ0) is 40.0. The van der Waals surface area contributed by atoms with Crippen molar-refractivity contribution in [1.82, 2.24) is 61.6 Å². The van der Waals surface area contributed by atoms with Crippen molar-refractivity contribution < 1.29 is 0 Å². The molecule has 0 radical (unpaired) electrons. The van der Waals surface area contributed by atoms with Crippen molar-refractivity contribution in [2.45, 2.75) is 124 Å². The molecule has 0 aliphatic rings. The second kappa shape index (κ2) is 19.9. The summed E-state index contributed by atoms with van der Waals surface area (Å²) in [7, 11) is 0. The first-order chi connectivity index (χ1) is 27.0. The topological polar surface area (TPSA) is 166 Å². The summed E-state index contributed by atoms with van der Waals surface area (Å²) in [5.41, 5.74) is 12.0. The van der Waals surface area contributed by atoms with Gasteiger partial charge < -0.3 is 0 Å². The van der Waals surface area contributed by atoms with Gasteiger partial charge in [-0.2, -0.15) is 61.6 Å². The van der Waals surface area contributed by atoms with Gasteiger partial charge in [-0.05, 0) is 108 Å². The summed E-state index contributed by atoms with van der Waals surface area (Å²) >= 11 is 0. The monoisotopic (exact) mass is 757 g/mol. The Morgan fingerprint density at radius 3 is 1.36 bits per heavy atom. The molecule has 8 aromatic rings. The van der Waals surface area contributed by atoms with Crippen molar-refractivity contribution in [3.05, 3.63) is 95.6 Å². The molecule has 4 aromatic carbocycles. The number of hydrogen-bond acceptors (Lipinski definition) is 8. The first-order valence-electron chi connectivity index (χ1n) is 20.2. The summed E-state index contributed by atoms with van der Waals surface area (Å²) in [5, 5.41) is 42.7. The number of aromatic amines is 4. The predicted molar refractivity (Wildman–Crippen MR) is 228 cm³/mol. The van der Waals surface area contributed by atoms with Gasteiger partial charge in [0.05, 0.1) is 0 Å².